The van der Waals surface area contributed by atoms with Crippen LogP contribution in [0.25, 0.3) is 0 Å². The Morgan fingerprint density at radius 1 is 1.61 bits per heavy atom. The number of carbonyl (C=O) groups is 1. The average molecular weight is 274 g/mol. The number of hydrogen-bond donors (Lipinski definition) is 1. The predicted molar refractivity (Wildman–Crippen MR) is 70.9 cm³/mol. The van der Waals surface area contributed by atoms with E-state index < -0.39 is 6.04 Å². The van der Waals surface area contributed by atoms with Gasteiger partial charge in [-0.2, -0.15) is 5.10 Å². The third-order valence-electron chi connectivity index (χ3n) is 2.60. The van der Waals surface area contributed by atoms with Gasteiger partial charge in [0.25, 0.3) is 0 Å². The highest BCUT2D eigenvalue weighted by Gasteiger charge is 2.23. The molecule has 1 aromatic heterocycles. The van der Waals surface area contributed by atoms with Gasteiger partial charge in [0, 0.05) is 7.11 Å². The molecule has 5 nitrogen and oxygen atoms in total. The van der Waals surface area contributed by atoms with Gasteiger partial charge in [-0.05, 0) is 12.3 Å². The third kappa shape index (κ3) is 3.80. The van der Waals surface area contributed by atoms with Crippen molar-refractivity contribution in [3.63, 3.8) is 0 Å². The summed E-state index contributed by atoms with van der Waals surface area (Å²) in [5, 5.41) is 4.41. The fraction of sp³-hybridized carbons (Fsp3) is 0.667. The molecule has 0 aliphatic rings. The summed E-state index contributed by atoms with van der Waals surface area (Å²) in [5.41, 5.74) is 6.27. The predicted octanol–water partition coefficient (Wildman–Crippen LogP) is 1.74. The van der Waals surface area contributed by atoms with E-state index >= 15 is 0 Å². The summed E-state index contributed by atoms with van der Waals surface area (Å²) in [6.45, 7) is 5.00. The lowest BCUT2D eigenvalue weighted by atomic mass is 9.99. The number of halogens is 1. The van der Waals surface area contributed by atoms with Crippen LogP contribution in [-0.2, 0) is 11.3 Å². The van der Waals surface area contributed by atoms with Crippen molar-refractivity contribution in [2.75, 3.05) is 13.7 Å². The number of nitrogens with two attached hydrogens (primary N) is 1. The number of nitrogens with zero attached hydrogens (tertiary/aromatic N) is 2. The van der Waals surface area contributed by atoms with Crippen molar-refractivity contribution in [3.8, 4) is 0 Å². The highest BCUT2D eigenvalue weighted by Crippen LogP contribution is 2.18. The molecule has 0 bridgehead atoms. The molecule has 1 aromatic rings. The monoisotopic (exact) mass is 273 g/mol. The Kier molecular flexibility index (Phi) is 5.78. The van der Waals surface area contributed by atoms with E-state index in [2.05, 4.69) is 5.10 Å². The minimum atomic E-state index is -0.541. The second-order valence-corrected chi connectivity index (χ2v) is 5.06. The first-order valence-electron chi connectivity index (χ1n) is 5.97. The lowest BCUT2D eigenvalue weighted by Gasteiger charge is -2.14. The third-order valence-corrected chi connectivity index (χ3v) is 2.87. The van der Waals surface area contributed by atoms with Gasteiger partial charge in [-0.25, -0.2) is 0 Å². The first-order chi connectivity index (χ1) is 8.47. The van der Waals surface area contributed by atoms with Crippen LogP contribution >= 0.6 is 11.6 Å². The highest BCUT2D eigenvalue weighted by atomic mass is 35.5. The Morgan fingerprint density at radius 2 is 2.28 bits per heavy atom. The number of methoxy groups -OCH3 is 1. The van der Waals surface area contributed by atoms with Gasteiger partial charge in [-0.15, -0.1) is 0 Å². The summed E-state index contributed by atoms with van der Waals surface area (Å²) in [6.07, 6.45) is 2.09. The summed E-state index contributed by atoms with van der Waals surface area (Å²) >= 11 is 6.00. The number of rotatable bonds is 7. The zero-order valence-electron chi connectivity index (χ0n) is 11.0. The van der Waals surface area contributed by atoms with Crippen LogP contribution in [-0.4, -0.2) is 35.3 Å². The van der Waals surface area contributed by atoms with Crippen LogP contribution < -0.4 is 5.73 Å². The molecule has 0 saturated carbocycles. The maximum atomic E-state index is 12.2. The van der Waals surface area contributed by atoms with E-state index in [9.17, 15) is 4.79 Å². The van der Waals surface area contributed by atoms with Crippen molar-refractivity contribution < 1.29 is 9.53 Å². The molecule has 1 rings (SSSR count). The maximum Gasteiger partial charge on any atom is 0.199 e. The van der Waals surface area contributed by atoms with Gasteiger partial charge in [-0.1, -0.05) is 25.4 Å². The first kappa shape index (κ1) is 15.1. The molecule has 0 fully saturated rings. The molecule has 1 atom stereocenters. The van der Waals surface area contributed by atoms with Crippen LogP contribution in [0.3, 0.4) is 0 Å². The largest absolute Gasteiger partial charge is 0.383 e. The molecular weight excluding hydrogens is 254 g/mol. The summed E-state index contributed by atoms with van der Waals surface area (Å²) in [6, 6.07) is -0.541. The summed E-state index contributed by atoms with van der Waals surface area (Å²) in [7, 11) is 1.59. The molecule has 6 heteroatoms. The van der Waals surface area contributed by atoms with Crippen LogP contribution in [0, 0.1) is 5.92 Å². The van der Waals surface area contributed by atoms with Gasteiger partial charge < -0.3 is 10.5 Å². The number of aromatic nitrogens is 2. The van der Waals surface area contributed by atoms with E-state index in [1.54, 1.807) is 11.8 Å². The maximum absolute atomic E-state index is 12.2. The molecule has 0 aromatic carbocycles. The Balaban J connectivity index is 2.86. The molecule has 0 radical (unpaired) electrons. The lowest BCUT2D eigenvalue weighted by molar-refractivity contribution is 0.0937. The molecule has 0 amide bonds. The van der Waals surface area contributed by atoms with E-state index in [-0.39, 0.29) is 5.78 Å². The van der Waals surface area contributed by atoms with Crippen molar-refractivity contribution in [3.05, 3.63) is 16.9 Å². The van der Waals surface area contributed by atoms with E-state index in [0.717, 1.165) is 0 Å². The van der Waals surface area contributed by atoms with Gasteiger partial charge in [0.2, 0.25) is 0 Å². The Labute approximate surface area is 112 Å². The molecule has 1 unspecified atom stereocenters. The van der Waals surface area contributed by atoms with Gasteiger partial charge in [0.15, 0.2) is 5.78 Å². The average Bonchev–Trinajstić information content (AvgIpc) is 2.66. The summed E-state index contributed by atoms with van der Waals surface area (Å²) in [5.74, 6) is 0.195. The van der Waals surface area contributed by atoms with E-state index in [1.807, 2.05) is 13.8 Å². The SMILES string of the molecule is COCCn1ncc(Cl)c1C(=O)C(N)CC(C)C. The van der Waals surface area contributed by atoms with Crippen LogP contribution in [0.4, 0.5) is 0 Å². The number of ether oxygens (including phenoxy) is 1. The van der Waals surface area contributed by atoms with E-state index in [4.69, 9.17) is 22.1 Å². The van der Waals surface area contributed by atoms with E-state index in [0.29, 0.717) is 36.2 Å². The number of hydrogen-bond acceptors (Lipinski definition) is 4. The van der Waals surface area contributed by atoms with Crippen LogP contribution in [0.5, 0.6) is 0 Å². The fourth-order valence-electron chi connectivity index (χ4n) is 1.75. The standard InChI is InChI=1S/C12H20ClN3O2/c1-8(2)6-10(14)12(17)11-9(13)7-15-16(11)4-5-18-3/h7-8,10H,4-6,14H2,1-3H3. The van der Waals surface area contributed by atoms with Crippen molar-refractivity contribution in [1.82, 2.24) is 9.78 Å². The molecular formula is C12H20ClN3O2. The summed E-state index contributed by atoms with van der Waals surface area (Å²) in [4.78, 5) is 12.2. The van der Waals surface area contributed by atoms with Crippen LogP contribution in [0.1, 0.15) is 30.8 Å². The molecule has 0 aliphatic heterocycles. The number of carbonyl (C=O) groups excluding carboxylic acids is 1. The minimum Gasteiger partial charge on any atom is -0.383 e. The molecule has 0 spiro atoms. The zero-order valence-corrected chi connectivity index (χ0v) is 11.8. The van der Waals surface area contributed by atoms with Gasteiger partial charge in [-0.3, -0.25) is 9.48 Å². The van der Waals surface area contributed by atoms with Gasteiger partial charge in [0.1, 0.15) is 5.69 Å². The molecule has 0 saturated heterocycles. The second-order valence-electron chi connectivity index (χ2n) is 4.66. The van der Waals surface area contributed by atoms with Crippen LogP contribution in [0.2, 0.25) is 5.02 Å². The summed E-state index contributed by atoms with van der Waals surface area (Å²) < 4.78 is 6.52. The zero-order chi connectivity index (χ0) is 13.7. The smallest absolute Gasteiger partial charge is 0.199 e. The van der Waals surface area contributed by atoms with Crippen molar-refractivity contribution in [1.29, 1.82) is 0 Å². The normalized spacial score (nSPS) is 13.0. The second kappa shape index (κ2) is 6.87. The Morgan fingerprint density at radius 3 is 2.83 bits per heavy atom. The minimum absolute atomic E-state index is 0.165. The molecule has 0 aliphatic carbocycles. The quantitative estimate of drug-likeness (QED) is 0.768. The topological polar surface area (TPSA) is 70.1 Å². The first-order valence-corrected chi connectivity index (χ1v) is 6.35. The Hall–Kier alpha value is -0.910. The number of Topliss-reactive ketones (excluding diaryl/α,β-unsaturated/α-hetero) is 1. The molecule has 18 heavy (non-hydrogen) atoms. The van der Waals surface area contributed by atoms with Crippen molar-refractivity contribution in [2.24, 2.45) is 11.7 Å². The fourth-order valence-corrected chi connectivity index (χ4v) is 1.98. The highest BCUT2D eigenvalue weighted by molar-refractivity contribution is 6.33. The lowest BCUT2D eigenvalue weighted by Crippen LogP contribution is -2.34. The van der Waals surface area contributed by atoms with E-state index in [1.165, 1.54) is 6.20 Å². The van der Waals surface area contributed by atoms with Gasteiger partial charge in [0.05, 0.1) is 30.4 Å². The molecule has 102 valence electrons. The van der Waals surface area contributed by atoms with Crippen molar-refractivity contribution >= 4 is 17.4 Å². The van der Waals surface area contributed by atoms with Crippen molar-refractivity contribution in [2.45, 2.75) is 32.9 Å². The number of ketones is 1. The van der Waals surface area contributed by atoms with Gasteiger partial charge >= 0.3 is 0 Å². The van der Waals surface area contributed by atoms with Crippen LogP contribution in [0.15, 0.2) is 6.20 Å². The Bertz CT molecular complexity index is 404. The molecule has 1 heterocycles. The molecule has 2 N–H and O–H groups in total.